The Labute approximate surface area is 251 Å². The topological polar surface area (TPSA) is 120 Å². The van der Waals surface area contributed by atoms with E-state index in [-0.39, 0.29) is 0 Å². The summed E-state index contributed by atoms with van der Waals surface area (Å²) < 4.78 is 10.7. The predicted molar refractivity (Wildman–Crippen MR) is 180 cm³/mol. The van der Waals surface area contributed by atoms with E-state index in [4.69, 9.17) is 30.9 Å². The zero-order chi connectivity index (χ0) is 29.8. The first-order valence-electron chi connectivity index (χ1n) is 14.9. The molecule has 0 spiro atoms. The first-order valence-corrected chi connectivity index (χ1v) is 14.9. The first-order chi connectivity index (χ1) is 21.0. The summed E-state index contributed by atoms with van der Waals surface area (Å²) in [7, 11) is 3.31. The molecule has 8 heteroatoms. The SMILES string of the molecule is COc1ccc2nc3cc(NCCCCCCCNc4ccc5nc6ccc(OC)cc6c(N)c5c4)ccc3c(N)c2c1. The highest BCUT2D eigenvalue weighted by Gasteiger charge is 2.10. The van der Waals surface area contributed by atoms with E-state index >= 15 is 0 Å². The fourth-order valence-electron chi connectivity index (χ4n) is 5.63. The van der Waals surface area contributed by atoms with Crippen molar-refractivity contribution in [2.75, 3.05) is 49.4 Å². The molecule has 0 amide bonds. The summed E-state index contributed by atoms with van der Waals surface area (Å²) in [5.41, 5.74) is 20.1. The largest absolute Gasteiger partial charge is 0.497 e. The number of aromatic nitrogens is 2. The van der Waals surface area contributed by atoms with Crippen molar-refractivity contribution in [2.24, 2.45) is 0 Å². The van der Waals surface area contributed by atoms with Gasteiger partial charge in [-0.05, 0) is 85.6 Å². The van der Waals surface area contributed by atoms with E-state index < -0.39 is 0 Å². The average Bonchev–Trinajstić information content (AvgIpc) is 3.04. The molecular formula is C35H38N6O2. The molecule has 0 unspecified atom stereocenters. The van der Waals surface area contributed by atoms with Crippen molar-refractivity contribution in [1.29, 1.82) is 0 Å². The maximum absolute atomic E-state index is 6.54. The number of ether oxygens (including phenoxy) is 2. The second-order valence-electron chi connectivity index (χ2n) is 10.9. The molecule has 8 nitrogen and oxygen atoms in total. The highest BCUT2D eigenvalue weighted by molar-refractivity contribution is 6.08. The number of nitrogen functional groups attached to an aromatic ring is 2. The smallest absolute Gasteiger partial charge is 0.119 e. The molecule has 6 N–H and O–H groups in total. The standard InChI is InChI=1S/C35H38N6O2/c1-42-24-11-15-32-28(20-24)34(36)26-12-8-23(19-33(26)41-32)39-17-7-5-3-4-6-16-38-22-9-13-30-27(18-22)35(37)29-21-25(43-2)10-14-31(29)40-30/h8-15,18-21,38-39H,3-7,16-17H2,1-2H3,(H2,36,41)(H2,37,40). The number of unbranched alkanes of at least 4 members (excludes halogenated alkanes) is 4. The molecule has 0 atom stereocenters. The Kier molecular flexibility index (Phi) is 8.18. The second-order valence-corrected chi connectivity index (χ2v) is 10.9. The third-order valence-corrected chi connectivity index (χ3v) is 8.06. The number of nitrogens with zero attached hydrogens (tertiary/aromatic N) is 2. The van der Waals surface area contributed by atoms with E-state index in [1.54, 1.807) is 14.2 Å². The molecule has 220 valence electrons. The molecule has 2 heterocycles. The van der Waals surface area contributed by atoms with Crippen molar-refractivity contribution in [2.45, 2.75) is 32.1 Å². The lowest BCUT2D eigenvalue weighted by Gasteiger charge is -2.12. The van der Waals surface area contributed by atoms with Gasteiger partial charge in [0.1, 0.15) is 11.5 Å². The fourth-order valence-corrected chi connectivity index (χ4v) is 5.63. The van der Waals surface area contributed by atoms with E-state index in [0.29, 0.717) is 0 Å². The van der Waals surface area contributed by atoms with E-state index in [9.17, 15) is 0 Å². The van der Waals surface area contributed by atoms with Crippen LogP contribution in [-0.2, 0) is 0 Å². The third-order valence-electron chi connectivity index (χ3n) is 8.06. The number of nitrogens with two attached hydrogens (primary N) is 2. The summed E-state index contributed by atoms with van der Waals surface area (Å²) in [6.07, 6.45) is 5.82. The molecule has 0 saturated heterocycles. The van der Waals surface area contributed by atoms with Crippen molar-refractivity contribution >= 4 is 66.4 Å². The molecule has 43 heavy (non-hydrogen) atoms. The lowest BCUT2D eigenvalue weighted by Crippen LogP contribution is -2.03. The van der Waals surface area contributed by atoms with Crippen molar-refractivity contribution in [3.63, 3.8) is 0 Å². The Bertz CT molecular complexity index is 1920. The molecule has 0 bridgehead atoms. The molecule has 2 aromatic heterocycles. The molecule has 0 fully saturated rings. The average molecular weight is 575 g/mol. The zero-order valence-electron chi connectivity index (χ0n) is 24.7. The van der Waals surface area contributed by atoms with Gasteiger partial charge >= 0.3 is 0 Å². The molecular weight excluding hydrogens is 536 g/mol. The summed E-state index contributed by atoms with van der Waals surface area (Å²) in [5.74, 6) is 1.55. The summed E-state index contributed by atoms with van der Waals surface area (Å²) >= 11 is 0. The molecule has 0 saturated carbocycles. The van der Waals surface area contributed by atoms with Gasteiger partial charge in [-0.15, -0.1) is 0 Å². The Morgan fingerprint density at radius 1 is 0.512 bits per heavy atom. The van der Waals surface area contributed by atoms with E-state index in [0.717, 1.165) is 104 Å². The van der Waals surface area contributed by atoms with Crippen molar-refractivity contribution in [3.05, 3.63) is 72.8 Å². The maximum Gasteiger partial charge on any atom is 0.119 e. The van der Waals surface area contributed by atoms with Gasteiger partial charge in [0, 0.05) is 46.0 Å². The molecule has 0 radical (unpaired) electrons. The number of pyridine rings is 2. The third kappa shape index (κ3) is 6.00. The monoisotopic (exact) mass is 574 g/mol. The Morgan fingerprint density at radius 2 is 0.977 bits per heavy atom. The van der Waals surface area contributed by atoms with Crippen molar-refractivity contribution in [3.8, 4) is 11.5 Å². The van der Waals surface area contributed by atoms with Crippen LogP contribution in [0.3, 0.4) is 0 Å². The molecule has 4 aromatic carbocycles. The minimum absolute atomic E-state index is 0.731. The van der Waals surface area contributed by atoms with Crippen molar-refractivity contribution in [1.82, 2.24) is 9.97 Å². The van der Waals surface area contributed by atoms with Gasteiger partial charge < -0.3 is 31.6 Å². The Balaban J connectivity index is 0.946. The number of hydrogen-bond acceptors (Lipinski definition) is 8. The van der Waals surface area contributed by atoms with Crippen LogP contribution in [0.25, 0.3) is 43.6 Å². The number of benzene rings is 4. The van der Waals surface area contributed by atoms with Crippen LogP contribution in [0.15, 0.2) is 72.8 Å². The van der Waals surface area contributed by atoms with Gasteiger partial charge in [-0.1, -0.05) is 19.3 Å². The molecule has 0 aliphatic rings. The molecule has 6 aromatic rings. The van der Waals surface area contributed by atoms with Gasteiger partial charge in [-0.2, -0.15) is 0 Å². The quantitative estimate of drug-likeness (QED) is 0.0865. The maximum atomic E-state index is 6.54. The van der Waals surface area contributed by atoms with Crippen LogP contribution in [0.2, 0.25) is 0 Å². The van der Waals surface area contributed by atoms with Crippen LogP contribution < -0.4 is 31.6 Å². The lowest BCUT2D eigenvalue weighted by molar-refractivity contribution is 0.415. The Morgan fingerprint density at radius 3 is 1.58 bits per heavy atom. The highest BCUT2D eigenvalue weighted by atomic mass is 16.5. The summed E-state index contributed by atoms with van der Waals surface area (Å²) in [6.45, 7) is 1.85. The van der Waals surface area contributed by atoms with Gasteiger partial charge in [0.05, 0.1) is 47.7 Å². The van der Waals surface area contributed by atoms with Crippen LogP contribution in [0, 0.1) is 0 Å². The zero-order valence-corrected chi connectivity index (χ0v) is 24.7. The van der Waals surface area contributed by atoms with E-state index in [2.05, 4.69) is 34.9 Å². The Hall–Kier alpha value is -4.98. The fraction of sp³-hybridized carbons (Fsp3) is 0.257. The van der Waals surface area contributed by atoms with Crippen LogP contribution in [-0.4, -0.2) is 37.3 Å². The number of fused-ring (bicyclic) bond motifs is 4. The molecule has 6 rings (SSSR count). The lowest BCUT2D eigenvalue weighted by atomic mass is 10.1. The van der Waals surface area contributed by atoms with Crippen molar-refractivity contribution < 1.29 is 9.47 Å². The number of nitrogens with one attached hydrogen (secondary N) is 2. The number of methoxy groups -OCH3 is 2. The predicted octanol–water partition coefficient (Wildman–Crippen LogP) is 7.75. The van der Waals surface area contributed by atoms with Gasteiger partial charge in [0.25, 0.3) is 0 Å². The van der Waals surface area contributed by atoms with Crippen LogP contribution in [0.5, 0.6) is 11.5 Å². The van der Waals surface area contributed by atoms with Gasteiger partial charge in [-0.3, -0.25) is 0 Å². The summed E-state index contributed by atoms with van der Waals surface area (Å²) in [5, 5.41) is 10.8. The van der Waals surface area contributed by atoms with Gasteiger partial charge in [-0.25, -0.2) is 9.97 Å². The second kappa shape index (κ2) is 12.5. The molecule has 0 aliphatic heterocycles. The minimum atomic E-state index is 0.731. The number of rotatable bonds is 12. The van der Waals surface area contributed by atoms with Crippen LogP contribution in [0.1, 0.15) is 32.1 Å². The van der Waals surface area contributed by atoms with E-state index in [1.165, 1.54) is 19.3 Å². The first kappa shape index (κ1) is 28.2. The molecule has 0 aliphatic carbocycles. The highest BCUT2D eigenvalue weighted by Crippen LogP contribution is 2.33. The number of anilines is 4. The minimum Gasteiger partial charge on any atom is -0.497 e. The van der Waals surface area contributed by atoms with Crippen LogP contribution in [0.4, 0.5) is 22.7 Å². The summed E-state index contributed by atoms with van der Waals surface area (Å²) in [6, 6.07) is 24.0. The van der Waals surface area contributed by atoms with Crippen LogP contribution >= 0.6 is 0 Å². The summed E-state index contributed by atoms with van der Waals surface area (Å²) in [4.78, 5) is 9.60. The van der Waals surface area contributed by atoms with Gasteiger partial charge in [0.2, 0.25) is 0 Å². The normalized spacial score (nSPS) is 11.4. The number of hydrogen-bond donors (Lipinski definition) is 4. The van der Waals surface area contributed by atoms with Gasteiger partial charge in [0.15, 0.2) is 0 Å². The van der Waals surface area contributed by atoms with E-state index in [1.807, 2.05) is 48.5 Å².